The van der Waals surface area contributed by atoms with Crippen LogP contribution in [0.1, 0.15) is 45.7 Å². The largest absolute Gasteiger partial charge is 0.478 e. The third-order valence-corrected chi connectivity index (χ3v) is 6.62. The van der Waals surface area contributed by atoms with E-state index in [1.807, 2.05) is 6.08 Å². The zero-order chi connectivity index (χ0) is 19.7. The molecular weight excluding hydrogens is 394 g/mol. The lowest BCUT2D eigenvalue weighted by Crippen LogP contribution is -2.34. The molecule has 2 N–H and O–H groups in total. The second-order valence-electron chi connectivity index (χ2n) is 7.17. The van der Waals surface area contributed by atoms with Crippen LogP contribution < -0.4 is 5.32 Å². The number of carbonyl (C=O) groups is 2. The van der Waals surface area contributed by atoms with Gasteiger partial charge in [0.2, 0.25) is 0 Å². The maximum atomic E-state index is 12.8. The first-order chi connectivity index (χ1) is 13.5. The third-order valence-electron chi connectivity index (χ3n) is 5.39. The van der Waals surface area contributed by atoms with Crippen molar-refractivity contribution in [2.75, 3.05) is 0 Å². The van der Waals surface area contributed by atoms with Crippen LogP contribution in [0.4, 0.5) is 0 Å². The minimum Gasteiger partial charge on any atom is -0.478 e. The number of carboxylic acids is 1. The Morgan fingerprint density at radius 3 is 2.50 bits per heavy atom. The smallest absolute Gasteiger partial charge is 0.338 e. The minimum absolute atomic E-state index is 0.0373. The van der Waals surface area contributed by atoms with Crippen molar-refractivity contribution in [1.82, 2.24) is 5.32 Å². The van der Waals surface area contributed by atoms with Gasteiger partial charge in [0.05, 0.1) is 11.6 Å². The molecule has 0 aliphatic heterocycles. The van der Waals surface area contributed by atoms with E-state index in [1.165, 1.54) is 24.8 Å². The minimum atomic E-state index is -1.11. The van der Waals surface area contributed by atoms with Gasteiger partial charge in [0, 0.05) is 16.0 Å². The summed E-state index contributed by atoms with van der Waals surface area (Å²) in [6.07, 6.45) is 10.8. The van der Waals surface area contributed by atoms with Crippen molar-refractivity contribution in [3.63, 3.8) is 0 Å². The average molecular weight is 414 g/mol. The van der Waals surface area contributed by atoms with Gasteiger partial charge >= 0.3 is 5.97 Å². The van der Waals surface area contributed by atoms with Gasteiger partial charge in [-0.25, -0.2) is 4.79 Å². The van der Waals surface area contributed by atoms with Gasteiger partial charge in [-0.05, 0) is 48.4 Å². The van der Waals surface area contributed by atoms with Gasteiger partial charge < -0.3 is 10.4 Å². The summed E-state index contributed by atoms with van der Waals surface area (Å²) >= 11 is 7.07. The molecule has 1 aromatic carbocycles. The molecule has 0 radical (unpaired) electrons. The van der Waals surface area contributed by atoms with Crippen molar-refractivity contribution in [3.05, 3.63) is 68.9 Å². The van der Waals surface area contributed by atoms with Crippen LogP contribution >= 0.6 is 22.9 Å². The number of hydrogen-bond donors (Lipinski definition) is 2. The van der Waals surface area contributed by atoms with Gasteiger partial charge in [-0.15, -0.1) is 11.3 Å². The summed E-state index contributed by atoms with van der Waals surface area (Å²) in [5, 5.41) is 15.0. The first kappa shape index (κ1) is 19.0. The molecule has 2 aromatic rings. The van der Waals surface area contributed by atoms with E-state index in [2.05, 4.69) is 17.5 Å². The number of amides is 1. The van der Waals surface area contributed by atoms with Crippen LogP contribution in [0.15, 0.2) is 53.4 Å². The third kappa shape index (κ3) is 3.77. The lowest BCUT2D eigenvalue weighted by Gasteiger charge is -2.29. The van der Waals surface area contributed by atoms with Crippen LogP contribution in [0.5, 0.6) is 0 Å². The monoisotopic (exact) mass is 413 g/mol. The zero-order valence-corrected chi connectivity index (χ0v) is 16.7. The Morgan fingerprint density at radius 1 is 1.18 bits per heavy atom. The Morgan fingerprint density at radius 2 is 1.93 bits per heavy atom. The summed E-state index contributed by atoms with van der Waals surface area (Å²) in [5.74, 6) is -0.786. The number of rotatable bonds is 5. The molecule has 1 fully saturated rings. The SMILES string of the molecule is O=C(NC1C=CC(C2CCC2)=CC1)c1scc(-c2ccc(Cl)cc2)c1C(=O)O. The molecule has 2 aliphatic rings. The molecule has 144 valence electrons. The van der Waals surface area contributed by atoms with Crippen molar-refractivity contribution in [1.29, 1.82) is 0 Å². The van der Waals surface area contributed by atoms with Crippen LogP contribution in [0.3, 0.4) is 0 Å². The van der Waals surface area contributed by atoms with Crippen molar-refractivity contribution in [3.8, 4) is 11.1 Å². The van der Waals surface area contributed by atoms with E-state index >= 15 is 0 Å². The van der Waals surface area contributed by atoms with Crippen molar-refractivity contribution >= 4 is 34.8 Å². The lowest BCUT2D eigenvalue weighted by atomic mass is 9.78. The fraction of sp³-hybridized carbons (Fsp3) is 0.273. The molecule has 1 amide bonds. The lowest BCUT2D eigenvalue weighted by molar-refractivity contribution is 0.0692. The Hall–Kier alpha value is -2.37. The molecule has 0 saturated heterocycles. The summed E-state index contributed by atoms with van der Waals surface area (Å²) < 4.78 is 0. The standard InChI is InChI=1S/C22H20ClNO3S/c23-16-8-4-15(5-9-16)18-12-28-20(19(18)22(26)27)21(25)24-17-10-6-14(7-11-17)13-2-1-3-13/h4-10,12-13,17H,1-3,11H2,(H,24,25)(H,26,27). The summed E-state index contributed by atoms with van der Waals surface area (Å²) in [4.78, 5) is 24.9. The van der Waals surface area contributed by atoms with Crippen LogP contribution in [-0.2, 0) is 0 Å². The highest BCUT2D eigenvalue weighted by atomic mass is 35.5. The molecule has 1 aromatic heterocycles. The summed E-state index contributed by atoms with van der Waals surface area (Å²) in [5.41, 5.74) is 2.66. The molecule has 0 spiro atoms. The van der Waals surface area contributed by atoms with Crippen molar-refractivity contribution < 1.29 is 14.7 Å². The Bertz CT molecular complexity index is 970. The van der Waals surface area contributed by atoms with E-state index in [4.69, 9.17) is 11.6 Å². The highest BCUT2D eigenvalue weighted by Gasteiger charge is 2.26. The average Bonchev–Trinajstić information content (AvgIpc) is 3.08. The molecule has 1 atom stereocenters. The second kappa shape index (κ2) is 7.94. The maximum absolute atomic E-state index is 12.8. The molecule has 1 heterocycles. The number of aromatic carboxylic acids is 1. The number of carbonyl (C=O) groups excluding carboxylic acids is 1. The van der Waals surface area contributed by atoms with Crippen LogP contribution in [0, 0.1) is 5.92 Å². The quantitative estimate of drug-likeness (QED) is 0.675. The molecule has 2 aliphatic carbocycles. The summed E-state index contributed by atoms with van der Waals surface area (Å²) in [6.45, 7) is 0. The first-order valence-corrected chi connectivity index (χ1v) is 10.6. The molecule has 28 heavy (non-hydrogen) atoms. The van der Waals surface area contributed by atoms with Crippen LogP contribution in [0.25, 0.3) is 11.1 Å². The highest BCUT2D eigenvalue weighted by Crippen LogP contribution is 2.36. The van der Waals surface area contributed by atoms with E-state index in [0.717, 1.165) is 23.3 Å². The fourth-order valence-electron chi connectivity index (χ4n) is 3.60. The van der Waals surface area contributed by atoms with Crippen LogP contribution in [-0.4, -0.2) is 23.0 Å². The topological polar surface area (TPSA) is 66.4 Å². The Labute approximate surface area is 172 Å². The van der Waals surface area contributed by atoms with Crippen LogP contribution in [0.2, 0.25) is 5.02 Å². The number of hydrogen-bond acceptors (Lipinski definition) is 3. The second-order valence-corrected chi connectivity index (χ2v) is 8.49. The van der Waals surface area contributed by atoms with Gasteiger partial charge in [0.1, 0.15) is 4.88 Å². The van der Waals surface area contributed by atoms with E-state index in [1.54, 1.807) is 29.6 Å². The van der Waals surface area contributed by atoms with E-state index in [0.29, 0.717) is 16.5 Å². The predicted molar refractivity (Wildman–Crippen MR) is 112 cm³/mol. The van der Waals surface area contributed by atoms with E-state index in [9.17, 15) is 14.7 Å². The highest BCUT2D eigenvalue weighted by molar-refractivity contribution is 7.13. The number of thiophene rings is 1. The molecule has 4 rings (SSSR count). The van der Waals surface area contributed by atoms with Gasteiger partial charge in [0.25, 0.3) is 5.91 Å². The van der Waals surface area contributed by atoms with E-state index < -0.39 is 5.97 Å². The molecule has 6 heteroatoms. The van der Waals surface area contributed by atoms with Gasteiger partial charge in [-0.1, -0.05) is 48.4 Å². The van der Waals surface area contributed by atoms with Gasteiger partial charge in [-0.2, -0.15) is 0 Å². The molecule has 0 bridgehead atoms. The zero-order valence-electron chi connectivity index (χ0n) is 15.2. The Balaban J connectivity index is 1.52. The first-order valence-electron chi connectivity index (χ1n) is 9.33. The number of halogens is 1. The van der Waals surface area contributed by atoms with Crippen molar-refractivity contribution in [2.24, 2.45) is 5.92 Å². The molecule has 1 saturated carbocycles. The normalized spacial score (nSPS) is 19.0. The number of carboxylic acid groups (broad SMARTS) is 1. The predicted octanol–water partition coefficient (Wildman–Crippen LogP) is 5.55. The summed E-state index contributed by atoms with van der Waals surface area (Å²) in [7, 11) is 0. The van der Waals surface area contributed by atoms with Gasteiger partial charge in [-0.3, -0.25) is 4.79 Å². The summed E-state index contributed by atoms with van der Waals surface area (Å²) in [6, 6.07) is 6.82. The number of allylic oxidation sites excluding steroid dienone is 2. The fourth-order valence-corrected chi connectivity index (χ4v) is 4.70. The van der Waals surface area contributed by atoms with Gasteiger partial charge in [0.15, 0.2) is 0 Å². The van der Waals surface area contributed by atoms with E-state index in [-0.39, 0.29) is 22.4 Å². The maximum Gasteiger partial charge on any atom is 0.338 e. The Kier molecular flexibility index (Phi) is 5.38. The molecule has 4 nitrogen and oxygen atoms in total. The molecular formula is C22H20ClNO3S. The van der Waals surface area contributed by atoms with Crippen molar-refractivity contribution in [2.45, 2.75) is 31.7 Å². The number of benzene rings is 1. The number of nitrogens with one attached hydrogen (secondary N) is 1. The molecule has 1 unspecified atom stereocenters.